The van der Waals surface area contributed by atoms with Gasteiger partial charge in [-0.2, -0.15) is 0 Å². The number of pyridine rings is 1. The van der Waals surface area contributed by atoms with Gasteiger partial charge in [0, 0.05) is 5.69 Å². The normalized spacial score (nSPS) is 14.6. The predicted octanol–water partition coefficient (Wildman–Crippen LogP) is 1.67. The molecular weight excluding hydrogens is 282 g/mol. The number of rotatable bonds is 3. The van der Waals surface area contributed by atoms with Crippen LogP contribution in [0.1, 0.15) is 23.2 Å². The lowest BCUT2D eigenvalue weighted by atomic mass is 10.1. The van der Waals surface area contributed by atoms with Crippen LogP contribution in [0.3, 0.4) is 0 Å². The second-order valence-electron chi connectivity index (χ2n) is 4.09. The molecule has 8 heteroatoms. The molecule has 0 fully saturated rings. The number of hydrogen-bond acceptors (Lipinski definition) is 7. The van der Waals surface area contributed by atoms with Gasteiger partial charge >= 0.3 is 0 Å². The molecule has 0 unspecified atom stereocenters. The number of fused-ring (bicyclic) bond motifs is 1. The van der Waals surface area contributed by atoms with Crippen LogP contribution >= 0.6 is 23.1 Å². The Hall–Kier alpha value is -1.67. The van der Waals surface area contributed by atoms with Crippen LogP contribution in [0, 0.1) is 0 Å². The first-order valence-corrected chi connectivity index (χ1v) is 7.42. The van der Waals surface area contributed by atoms with Crippen molar-refractivity contribution in [3.63, 3.8) is 0 Å². The summed E-state index contributed by atoms with van der Waals surface area (Å²) in [6, 6.07) is 1.97. The molecule has 0 aliphatic heterocycles. The molecule has 3 N–H and O–H groups in total. The van der Waals surface area contributed by atoms with Crippen molar-refractivity contribution in [3.05, 3.63) is 28.4 Å². The Labute approximate surface area is 117 Å². The fraction of sp³-hybridized carbons (Fsp3) is 0.273. The maximum Gasteiger partial charge on any atom is 0.180 e. The number of nitrogens with two attached hydrogens (primary N) is 1. The van der Waals surface area contributed by atoms with Crippen LogP contribution in [-0.4, -0.2) is 26.2 Å². The molecule has 2 aromatic heterocycles. The predicted molar refractivity (Wildman–Crippen MR) is 72.8 cm³/mol. The molecule has 98 valence electrons. The molecule has 19 heavy (non-hydrogen) atoms. The van der Waals surface area contributed by atoms with Gasteiger partial charge in [-0.15, -0.1) is 10.2 Å². The highest BCUT2D eigenvalue weighted by Crippen LogP contribution is 2.33. The van der Waals surface area contributed by atoms with E-state index in [2.05, 4.69) is 20.3 Å². The van der Waals surface area contributed by atoms with Gasteiger partial charge in [0.15, 0.2) is 10.2 Å². The summed E-state index contributed by atoms with van der Waals surface area (Å²) in [7, 11) is 0. The lowest BCUT2D eigenvalue weighted by Crippen LogP contribution is -2.16. The number of amidine groups is 1. The summed E-state index contributed by atoms with van der Waals surface area (Å²) in [5, 5.41) is 20.5. The largest absolute Gasteiger partial charge is 0.409 e. The van der Waals surface area contributed by atoms with Gasteiger partial charge in [0.1, 0.15) is 10.5 Å². The van der Waals surface area contributed by atoms with Crippen LogP contribution < -0.4 is 5.73 Å². The first kappa shape index (κ1) is 12.4. The molecule has 0 atom stereocenters. The first-order chi connectivity index (χ1) is 9.28. The molecule has 1 aliphatic carbocycles. The van der Waals surface area contributed by atoms with Crippen molar-refractivity contribution in [2.45, 2.75) is 28.6 Å². The summed E-state index contributed by atoms with van der Waals surface area (Å²) in [5.74, 6) is 0.0780. The number of aromatic nitrogens is 3. The SMILES string of the molecule is NC(=NO)c1cc2c(nc1Sc1nncs1)CCC2. The van der Waals surface area contributed by atoms with Crippen molar-refractivity contribution in [1.82, 2.24) is 15.2 Å². The van der Waals surface area contributed by atoms with Crippen molar-refractivity contribution in [3.8, 4) is 0 Å². The van der Waals surface area contributed by atoms with Crippen molar-refractivity contribution >= 4 is 28.9 Å². The van der Waals surface area contributed by atoms with E-state index in [1.165, 1.54) is 28.7 Å². The molecule has 0 radical (unpaired) electrons. The van der Waals surface area contributed by atoms with Crippen LogP contribution in [0.15, 0.2) is 26.1 Å². The minimum absolute atomic E-state index is 0.0780. The van der Waals surface area contributed by atoms with Crippen LogP contribution in [0.25, 0.3) is 0 Å². The second kappa shape index (κ2) is 5.14. The number of nitrogens with zero attached hydrogens (tertiary/aromatic N) is 4. The highest BCUT2D eigenvalue weighted by molar-refractivity contribution is 8.01. The van der Waals surface area contributed by atoms with E-state index in [1.54, 1.807) is 5.51 Å². The molecule has 3 rings (SSSR count). The van der Waals surface area contributed by atoms with Gasteiger partial charge < -0.3 is 10.9 Å². The Kier molecular flexibility index (Phi) is 3.34. The maximum atomic E-state index is 8.89. The van der Waals surface area contributed by atoms with Crippen molar-refractivity contribution in [1.29, 1.82) is 0 Å². The summed E-state index contributed by atoms with van der Waals surface area (Å²) in [5.41, 5.74) is 10.3. The third-order valence-corrected chi connectivity index (χ3v) is 4.71. The van der Waals surface area contributed by atoms with E-state index in [0.29, 0.717) is 10.6 Å². The van der Waals surface area contributed by atoms with E-state index in [-0.39, 0.29) is 5.84 Å². The molecule has 0 saturated carbocycles. The minimum Gasteiger partial charge on any atom is -0.409 e. The average molecular weight is 293 g/mol. The van der Waals surface area contributed by atoms with Crippen LogP contribution in [0.5, 0.6) is 0 Å². The van der Waals surface area contributed by atoms with E-state index < -0.39 is 0 Å². The molecule has 2 aromatic rings. The van der Waals surface area contributed by atoms with Gasteiger partial charge in [0.05, 0.1) is 5.56 Å². The van der Waals surface area contributed by atoms with Crippen LogP contribution in [0.4, 0.5) is 0 Å². The minimum atomic E-state index is 0.0780. The van der Waals surface area contributed by atoms with Crippen molar-refractivity contribution in [2.24, 2.45) is 10.9 Å². The van der Waals surface area contributed by atoms with Crippen molar-refractivity contribution < 1.29 is 5.21 Å². The summed E-state index contributed by atoms with van der Waals surface area (Å²) >= 11 is 2.83. The zero-order valence-corrected chi connectivity index (χ0v) is 11.5. The maximum absolute atomic E-state index is 8.89. The van der Waals surface area contributed by atoms with Gasteiger partial charge in [-0.3, -0.25) is 0 Å². The second-order valence-corrected chi connectivity index (χ2v) is 6.16. The van der Waals surface area contributed by atoms with Crippen LogP contribution in [0.2, 0.25) is 0 Å². The fourth-order valence-corrected chi connectivity index (χ4v) is 3.58. The smallest absolute Gasteiger partial charge is 0.180 e. The number of hydrogen-bond donors (Lipinski definition) is 2. The van der Waals surface area contributed by atoms with E-state index in [9.17, 15) is 0 Å². The zero-order chi connectivity index (χ0) is 13.2. The van der Waals surface area contributed by atoms with E-state index in [0.717, 1.165) is 29.3 Å². The molecule has 6 nitrogen and oxygen atoms in total. The molecule has 0 saturated heterocycles. The van der Waals surface area contributed by atoms with Crippen LogP contribution in [-0.2, 0) is 12.8 Å². The Bertz CT molecular complexity index is 626. The summed E-state index contributed by atoms with van der Waals surface area (Å²) in [4.78, 5) is 4.63. The number of oxime groups is 1. The van der Waals surface area contributed by atoms with Gasteiger partial charge in [-0.05, 0) is 42.7 Å². The molecule has 1 aliphatic rings. The molecule has 0 aromatic carbocycles. The third-order valence-electron chi connectivity index (χ3n) is 2.92. The fourth-order valence-electron chi connectivity index (χ4n) is 2.06. The zero-order valence-electron chi connectivity index (χ0n) is 9.91. The van der Waals surface area contributed by atoms with E-state index >= 15 is 0 Å². The summed E-state index contributed by atoms with van der Waals surface area (Å²) in [6.45, 7) is 0. The molecule has 0 bridgehead atoms. The van der Waals surface area contributed by atoms with Gasteiger partial charge in [-0.25, -0.2) is 4.98 Å². The Morgan fingerprint density at radius 1 is 1.47 bits per heavy atom. The third kappa shape index (κ3) is 2.41. The summed E-state index contributed by atoms with van der Waals surface area (Å²) < 4.78 is 0.789. The first-order valence-electron chi connectivity index (χ1n) is 5.72. The Morgan fingerprint density at radius 2 is 2.37 bits per heavy atom. The van der Waals surface area contributed by atoms with E-state index in [4.69, 9.17) is 10.9 Å². The highest BCUT2D eigenvalue weighted by atomic mass is 32.2. The lowest BCUT2D eigenvalue weighted by Gasteiger charge is -2.08. The Balaban J connectivity index is 2.05. The molecule has 0 spiro atoms. The quantitative estimate of drug-likeness (QED) is 0.387. The molecule has 0 amide bonds. The Morgan fingerprint density at radius 3 is 3.11 bits per heavy atom. The molecular formula is C11H11N5OS2. The van der Waals surface area contributed by atoms with Gasteiger partial charge in [-0.1, -0.05) is 16.5 Å². The van der Waals surface area contributed by atoms with Gasteiger partial charge in [0.25, 0.3) is 0 Å². The lowest BCUT2D eigenvalue weighted by molar-refractivity contribution is 0.318. The molecule has 2 heterocycles. The van der Waals surface area contributed by atoms with Gasteiger partial charge in [0.2, 0.25) is 0 Å². The topological polar surface area (TPSA) is 97.3 Å². The summed E-state index contributed by atoms with van der Waals surface area (Å²) in [6.07, 6.45) is 3.08. The highest BCUT2D eigenvalue weighted by Gasteiger charge is 2.19. The standard InChI is InChI=1S/C11H11N5OS2/c12-9(16-17)7-4-6-2-1-3-8(6)14-10(7)19-11-15-13-5-18-11/h4-5,17H,1-3H2,(H2,12,16). The average Bonchev–Trinajstić information content (AvgIpc) is 3.07. The monoisotopic (exact) mass is 293 g/mol. The number of aryl methyl sites for hydroxylation is 2. The van der Waals surface area contributed by atoms with Crippen molar-refractivity contribution in [2.75, 3.05) is 0 Å². The van der Waals surface area contributed by atoms with E-state index in [1.807, 2.05) is 6.07 Å².